The quantitative estimate of drug-likeness (QED) is 0.431. The maximum atomic E-state index is 3.82. The van der Waals surface area contributed by atoms with Crippen molar-refractivity contribution in [2.24, 2.45) is 5.92 Å². The molecule has 1 unspecified atom stereocenters. The third kappa shape index (κ3) is 0.504. The minimum Gasteiger partial charge on any atom is -0.0955 e. The van der Waals surface area contributed by atoms with E-state index in [2.05, 4.69) is 20.1 Å². The van der Waals surface area contributed by atoms with Gasteiger partial charge in [0.2, 0.25) is 0 Å². The fraction of sp³-hybridized carbons (Fsp3) is 0.429. The van der Waals surface area contributed by atoms with Gasteiger partial charge in [-0.15, -0.1) is 0 Å². The standard InChI is InChI=1S/C7H10/c1-5-4-6(2)7(5)3/h6H,1,3-4H2,2H3. The zero-order valence-corrected chi connectivity index (χ0v) is 4.70. The number of rotatable bonds is 0. The van der Waals surface area contributed by atoms with Gasteiger partial charge in [0, 0.05) is 0 Å². The van der Waals surface area contributed by atoms with Crippen molar-refractivity contribution in [1.82, 2.24) is 0 Å². The minimum atomic E-state index is 0.715. The van der Waals surface area contributed by atoms with Crippen LogP contribution < -0.4 is 0 Å². The summed E-state index contributed by atoms with van der Waals surface area (Å²) in [5.41, 5.74) is 2.49. The van der Waals surface area contributed by atoms with E-state index in [0.717, 1.165) is 0 Å². The van der Waals surface area contributed by atoms with E-state index in [4.69, 9.17) is 0 Å². The zero-order chi connectivity index (χ0) is 5.44. The monoisotopic (exact) mass is 94.1 g/mol. The molecular formula is C7H10. The van der Waals surface area contributed by atoms with Gasteiger partial charge in [0.05, 0.1) is 0 Å². The maximum Gasteiger partial charge on any atom is -0.0153 e. The van der Waals surface area contributed by atoms with Crippen LogP contribution in [0.1, 0.15) is 13.3 Å². The molecule has 1 fully saturated rings. The van der Waals surface area contributed by atoms with Crippen molar-refractivity contribution in [3.63, 3.8) is 0 Å². The Morgan fingerprint density at radius 3 is 2.14 bits per heavy atom. The summed E-state index contributed by atoms with van der Waals surface area (Å²) in [5.74, 6) is 0.715. The summed E-state index contributed by atoms with van der Waals surface area (Å²) in [7, 11) is 0. The summed E-state index contributed by atoms with van der Waals surface area (Å²) in [6.45, 7) is 9.79. The molecule has 0 saturated heterocycles. The van der Waals surface area contributed by atoms with Gasteiger partial charge in [-0.05, 0) is 17.9 Å². The first-order valence-electron chi connectivity index (χ1n) is 2.58. The summed E-state index contributed by atoms with van der Waals surface area (Å²) in [6.07, 6.45) is 1.17. The molecule has 0 amide bonds. The van der Waals surface area contributed by atoms with Crippen LogP contribution in [-0.4, -0.2) is 0 Å². The summed E-state index contributed by atoms with van der Waals surface area (Å²) < 4.78 is 0. The molecule has 0 radical (unpaired) electrons. The smallest absolute Gasteiger partial charge is 0.0153 e. The lowest BCUT2D eigenvalue weighted by Gasteiger charge is -2.27. The van der Waals surface area contributed by atoms with Crippen LogP contribution in [0.5, 0.6) is 0 Å². The van der Waals surface area contributed by atoms with Crippen LogP contribution in [0.4, 0.5) is 0 Å². The second kappa shape index (κ2) is 1.22. The molecule has 0 heterocycles. The van der Waals surface area contributed by atoms with Crippen LogP contribution in [0.2, 0.25) is 0 Å². The molecule has 1 saturated carbocycles. The number of hydrogen-bond donors (Lipinski definition) is 0. The van der Waals surface area contributed by atoms with Crippen LogP contribution >= 0.6 is 0 Å². The van der Waals surface area contributed by atoms with E-state index in [1.807, 2.05) is 0 Å². The molecule has 1 aliphatic rings. The lowest BCUT2D eigenvalue weighted by molar-refractivity contribution is 0.597. The van der Waals surface area contributed by atoms with Crippen molar-refractivity contribution in [2.45, 2.75) is 13.3 Å². The molecule has 1 atom stereocenters. The molecule has 0 bridgehead atoms. The summed E-state index contributed by atoms with van der Waals surface area (Å²) >= 11 is 0. The van der Waals surface area contributed by atoms with Gasteiger partial charge in [0.15, 0.2) is 0 Å². The summed E-state index contributed by atoms with van der Waals surface area (Å²) in [5, 5.41) is 0. The van der Waals surface area contributed by atoms with Crippen molar-refractivity contribution in [1.29, 1.82) is 0 Å². The molecule has 0 N–H and O–H groups in total. The second-order valence-electron chi connectivity index (χ2n) is 2.23. The molecule has 0 aliphatic heterocycles. The number of hydrogen-bond acceptors (Lipinski definition) is 0. The Bertz CT molecular complexity index is 120. The summed E-state index contributed by atoms with van der Waals surface area (Å²) in [4.78, 5) is 0. The fourth-order valence-electron chi connectivity index (χ4n) is 0.841. The predicted molar refractivity (Wildman–Crippen MR) is 32.1 cm³/mol. The van der Waals surface area contributed by atoms with Crippen LogP contribution in [0.25, 0.3) is 0 Å². The molecule has 1 aliphatic carbocycles. The van der Waals surface area contributed by atoms with E-state index in [1.54, 1.807) is 0 Å². The third-order valence-corrected chi connectivity index (χ3v) is 1.60. The van der Waals surface area contributed by atoms with Gasteiger partial charge in [-0.2, -0.15) is 0 Å². The van der Waals surface area contributed by atoms with Crippen molar-refractivity contribution in [3.05, 3.63) is 24.3 Å². The largest absolute Gasteiger partial charge is 0.0955 e. The molecule has 38 valence electrons. The highest BCUT2D eigenvalue weighted by Crippen LogP contribution is 2.35. The highest BCUT2D eigenvalue weighted by atomic mass is 14.2. The Hall–Kier alpha value is -0.520. The Labute approximate surface area is 44.5 Å². The average Bonchev–Trinajstić information content (AvgIpc) is 1.68. The molecule has 0 spiro atoms. The van der Waals surface area contributed by atoms with E-state index >= 15 is 0 Å². The Morgan fingerprint density at radius 1 is 1.57 bits per heavy atom. The van der Waals surface area contributed by atoms with E-state index in [0.29, 0.717) is 5.92 Å². The molecule has 0 aromatic heterocycles. The van der Waals surface area contributed by atoms with Crippen LogP contribution in [-0.2, 0) is 0 Å². The first-order valence-corrected chi connectivity index (χ1v) is 2.58. The SMILES string of the molecule is C=C1CC(C)C1=C. The maximum absolute atomic E-state index is 3.82. The van der Waals surface area contributed by atoms with E-state index < -0.39 is 0 Å². The highest BCUT2D eigenvalue weighted by Gasteiger charge is 2.20. The lowest BCUT2D eigenvalue weighted by Crippen LogP contribution is -2.12. The van der Waals surface area contributed by atoms with Gasteiger partial charge in [0.25, 0.3) is 0 Å². The van der Waals surface area contributed by atoms with Crippen molar-refractivity contribution < 1.29 is 0 Å². The Kier molecular flexibility index (Phi) is 0.810. The van der Waals surface area contributed by atoms with Crippen LogP contribution in [0.15, 0.2) is 24.3 Å². The molecule has 7 heavy (non-hydrogen) atoms. The Balaban J connectivity index is 2.60. The van der Waals surface area contributed by atoms with Crippen molar-refractivity contribution >= 4 is 0 Å². The molecule has 1 rings (SSSR count). The molecular weight excluding hydrogens is 84.1 g/mol. The van der Waals surface area contributed by atoms with Gasteiger partial charge in [0.1, 0.15) is 0 Å². The zero-order valence-electron chi connectivity index (χ0n) is 4.70. The number of allylic oxidation sites excluding steroid dienone is 2. The van der Waals surface area contributed by atoms with E-state index in [-0.39, 0.29) is 0 Å². The summed E-state index contributed by atoms with van der Waals surface area (Å²) in [6, 6.07) is 0. The normalized spacial score (nSPS) is 30.1. The third-order valence-electron chi connectivity index (χ3n) is 1.60. The van der Waals surface area contributed by atoms with Gasteiger partial charge in [-0.25, -0.2) is 0 Å². The van der Waals surface area contributed by atoms with Crippen LogP contribution in [0, 0.1) is 5.92 Å². The fourth-order valence-corrected chi connectivity index (χ4v) is 0.841. The topological polar surface area (TPSA) is 0 Å². The van der Waals surface area contributed by atoms with Crippen molar-refractivity contribution in [2.75, 3.05) is 0 Å². The molecule has 0 aromatic carbocycles. The van der Waals surface area contributed by atoms with E-state index in [1.165, 1.54) is 17.6 Å². The molecule has 0 heteroatoms. The van der Waals surface area contributed by atoms with E-state index in [9.17, 15) is 0 Å². The highest BCUT2D eigenvalue weighted by molar-refractivity contribution is 5.37. The minimum absolute atomic E-state index is 0.715. The van der Waals surface area contributed by atoms with Crippen molar-refractivity contribution in [3.8, 4) is 0 Å². The van der Waals surface area contributed by atoms with Gasteiger partial charge >= 0.3 is 0 Å². The van der Waals surface area contributed by atoms with Gasteiger partial charge in [-0.1, -0.05) is 25.7 Å². The van der Waals surface area contributed by atoms with Gasteiger partial charge < -0.3 is 0 Å². The second-order valence-corrected chi connectivity index (χ2v) is 2.23. The predicted octanol–water partition coefficient (Wildman–Crippen LogP) is 2.14. The van der Waals surface area contributed by atoms with Crippen LogP contribution in [0.3, 0.4) is 0 Å². The first-order chi connectivity index (χ1) is 3.22. The molecule has 0 nitrogen and oxygen atoms in total. The Morgan fingerprint density at radius 2 is 2.14 bits per heavy atom. The first kappa shape index (κ1) is 4.63. The molecule has 0 aromatic rings. The van der Waals surface area contributed by atoms with Gasteiger partial charge in [-0.3, -0.25) is 0 Å². The average molecular weight is 94.2 g/mol. The lowest BCUT2D eigenvalue weighted by atomic mass is 9.78.